The number of anilines is 2. The first kappa shape index (κ1) is 20.9. The van der Waals surface area contributed by atoms with Crippen LogP contribution in [0.5, 0.6) is 0 Å². The van der Waals surface area contributed by atoms with Crippen LogP contribution in [0.25, 0.3) is 0 Å². The summed E-state index contributed by atoms with van der Waals surface area (Å²) in [6.45, 7) is 0.203. The minimum atomic E-state index is -0.00213. The van der Waals surface area contributed by atoms with Crippen LogP contribution in [-0.2, 0) is 11.3 Å². The molecular weight excluding hydrogens is 404 g/mol. The number of fused-ring (bicyclic) bond motifs is 2. The van der Waals surface area contributed by atoms with E-state index in [9.17, 15) is 4.79 Å². The van der Waals surface area contributed by atoms with Gasteiger partial charge in [0.25, 0.3) is 5.91 Å². The molecule has 0 spiro atoms. The van der Waals surface area contributed by atoms with Gasteiger partial charge < -0.3 is 17.3 Å². The lowest BCUT2D eigenvalue weighted by atomic mass is 10.2. The van der Waals surface area contributed by atoms with E-state index in [4.69, 9.17) is 0 Å². The molecule has 0 atom stereocenters. The van der Waals surface area contributed by atoms with Gasteiger partial charge in [0.2, 0.25) is 6.34 Å². The van der Waals surface area contributed by atoms with Crippen molar-refractivity contribution in [3.63, 3.8) is 0 Å². The smallest absolute Gasteiger partial charge is 0.325 e. The van der Waals surface area contributed by atoms with Gasteiger partial charge in [-0.2, -0.15) is 0 Å². The summed E-state index contributed by atoms with van der Waals surface area (Å²) in [7, 11) is 3.84. The molecular formula is C22H21ClN4OS. The highest BCUT2D eigenvalue weighted by atomic mass is 35.5. The van der Waals surface area contributed by atoms with Crippen molar-refractivity contribution in [3.8, 4) is 0 Å². The van der Waals surface area contributed by atoms with Crippen LogP contribution in [0.1, 0.15) is 0 Å². The van der Waals surface area contributed by atoms with Gasteiger partial charge in [0.05, 0.1) is 17.6 Å². The van der Waals surface area contributed by atoms with Crippen molar-refractivity contribution in [1.29, 1.82) is 0 Å². The van der Waals surface area contributed by atoms with E-state index in [1.54, 1.807) is 18.1 Å². The number of aliphatic imine (C=N–C) groups is 1. The van der Waals surface area contributed by atoms with Gasteiger partial charge in [-0.25, -0.2) is 4.57 Å². The molecule has 2 heterocycles. The first-order chi connectivity index (χ1) is 13.6. The molecule has 0 unspecified atom stereocenters. The molecule has 0 fully saturated rings. The van der Waals surface area contributed by atoms with Crippen LogP contribution in [-0.4, -0.2) is 31.2 Å². The number of nitrogens with zero attached hydrogens (tertiary/aromatic N) is 4. The molecule has 1 aliphatic rings. The van der Waals surface area contributed by atoms with Gasteiger partial charge in [-0.05, 0) is 35.3 Å². The van der Waals surface area contributed by atoms with E-state index in [2.05, 4.69) is 17.1 Å². The number of carbonyl (C=O) groups is 1. The minimum Gasteiger partial charge on any atom is -1.00 e. The summed E-state index contributed by atoms with van der Waals surface area (Å²) in [4.78, 5) is 23.8. The average molecular weight is 425 g/mol. The molecule has 148 valence electrons. The molecule has 4 rings (SSSR count). The maximum atomic E-state index is 13.4. The normalized spacial score (nSPS) is 12.1. The van der Waals surface area contributed by atoms with Gasteiger partial charge in [0.1, 0.15) is 0 Å². The third-order valence-corrected chi connectivity index (χ3v) is 5.46. The molecule has 29 heavy (non-hydrogen) atoms. The van der Waals surface area contributed by atoms with E-state index < -0.39 is 0 Å². The largest absolute Gasteiger partial charge is 1.00 e. The van der Waals surface area contributed by atoms with Crippen LogP contribution in [0.2, 0.25) is 0 Å². The summed E-state index contributed by atoms with van der Waals surface area (Å²) in [6.07, 6.45) is 3.62. The monoisotopic (exact) mass is 424 g/mol. The van der Waals surface area contributed by atoms with Crippen molar-refractivity contribution in [2.24, 2.45) is 4.99 Å². The second-order valence-electron chi connectivity index (χ2n) is 6.66. The molecule has 2 aromatic carbocycles. The highest BCUT2D eigenvalue weighted by Gasteiger charge is 2.29. The third kappa shape index (κ3) is 4.44. The lowest BCUT2D eigenvalue weighted by Gasteiger charge is -2.30. The highest BCUT2D eigenvalue weighted by Crippen LogP contribution is 2.47. The Bertz CT molecular complexity index is 1010. The van der Waals surface area contributed by atoms with Crippen molar-refractivity contribution < 1.29 is 21.8 Å². The van der Waals surface area contributed by atoms with Crippen molar-refractivity contribution in [3.05, 3.63) is 72.9 Å². The van der Waals surface area contributed by atoms with E-state index in [-0.39, 0.29) is 24.9 Å². The Morgan fingerprint density at radius 3 is 2.21 bits per heavy atom. The Morgan fingerprint density at radius 1 is 1.00 bits per heavy atom. The van der Waals surface area contributed by atoms with Gasteiger partial charge in [-0.3, -0.25) is 9.69 Å². The molecule has 3 aromatic rings. The molecule has 0 saturated heterocycles. The number of rotatable bonds is 4. The fourth-order valence-electron chi connectivity index (χ4n) is 3.08. The topological polar surface area (TPSA) is 39.8 Å². The van der Waals surface area contributed by atoms with Gasteiger partial charge >= 0.3 is 5.82 Å². The van der Waals surface area contributed by atoms with Crippen molar-refractivity contribution in [2.45, 2.75) is 16.3 Å². The molecule has 0 bridgehead atoms. The lowest BCUT2D eigenvalue weighted by molar-refractivity contribution is -0.671. The van der Waals surface area contributed by atoms with Gasteiger partial charge in [-0.1, -0.05) is 42.1 Å². The number of hydrogen-bond donors (Lipinski definition) is 0. The van der Waals surface area contributed by atoms with E-state index in [1.165, 1.54) is 0 Å². The first-order valence-electron chi connectivity index (χ1n) is 9.01. The molecule has 7 heteroatoms. The maximum Gasteiger partial charge on any atom is 0.325 e. The zero-order valence-corrected chi connectivity index (χ0v) is 17.8. The number of carbonyl (C=O) groups excluding carboxylic acids is 1. The fraction of sp³-hybridized carbons (Fsp3) is 0.136. The predicted octanol–water partition coefficient (Wildman–Crippen LogP) is 1.03. The quantitative estimate of drug-likeness (QED) is 0.357. The second-order valence-corrected chi connectivity index (χ2v) is 7.75. The minimum absolute atomic E-state index is 0. The Balaban J connectivity index is 0.00000240. The number of para-hydroxylation sites is 2. The van der Waals surface area contributed by atoms with Gasteiger partial charge in [0.15, 0.2) is 6.54 Å². The van der Waals surface area contributed by atoms with Crippen molar-refractivity contribution in [1.82, 2.24) is 4.90 Å². The number of halogens is 1. The van der Waals surface area contributed by atoms with Gasteiger partial charge in [0, 0.05) is 30.0 Å². The molecule has 5 nitrogen and oxygen atoms in total. The van der Waals surface area contributed by atoms with Crippen LogP contribution in [0.4, 0.5) is 17.2 Å². The third-order valence-electron chi connectivity index (χ3n) is 4.32. The molecule has 1 amide bonds. The van der Waals surface area contributed by atoms with Crippen LogP contribution >= 0.6 is 11.8 Å². The number of pyridine rings is 1. The van der Waals surface area contributed by atoms with Crippen LogP contribution in [0.15, 0.2) is 87.7 Å². The Morgan fingerprint density at radius 2 is 1.59 bits per heavy atom. The average Bonchev–Trinajstić information content (AvgIpc) is 2.71. The number of aromatic nitrogens is 1. The second kappa shape index (κ2) is 9.11. The molecule has 0 N–H and O–H groups in total. The van der Waals surface area contributed by atoms with Crippen LogP contribution in [0.3, 0.4) is 0 Å². The summed E-state index contributed by atoms with van der Waals surface area (Å²) < 4.78 is 1.87. The maximum absolute atomic E-state index is 13.4. The van der Waals surface area contributed by atoms with E-state index in [0.29, 0.717) is 0 Å². The predicted molar refractivity (Wildman–Crippen MR) is 113 cm³/mol. The zero-order valence-electron chi connectivity index (χ0n) is 16.2. The molecule has 1 aliphatic heterocycles. The standard InChI is InChI=1S/C22H21N4OS.ClH/c1-24(2)16-23-21-13-7-8-14-25(21)15-22(27)26-17-9-3-5-11-19(17)28-20-12-6-4-10-18(20)26;/h3-14,16H,15H2,1-2H3;1H/q+1;/p-1. The number of amides is 1. The van der Waals surface area contributed by atoms with Gasteiger partial charge in [-0.15, -0.1) is 0 Å². The molecule has 0 radical (unpaired) electrons. The molecule has 1 aromatic heterocycles. The molecule has 0 saturated carbocycles. The van der Waals surface area contributed by atoms with Crippen molar-refractivity contribution >= 4 is 41.2 Å². The van der Waals surface area contributed by atoms with Crippen LogP contribution < -0.4 is 21.9 Å². The van der Waals surface area contributed by atoms with E-state index in [0.717, 1.165) is 27.0 Å². The number of hydrogen-bond acceptors (Lipinski definition) is 3. The zero-order chi connectivity index (χ0) is 19.5. The fourth-order valence-corrected chi connectivity index (χ4v) is 4.14. The van der Waals surface area contributed by atoms with E-state index >= 15 is 0 Å². The lowest BCUT2D eigenvalue weighted by Crippen LogP contribution is -3.00. The summed E-state index contributed by atoms with van der Waals surface area (Å²) in [5, 5.41) is 0. The Hall–Kier alpha value is -2.83. The first-order valence-corrected chi connectivity index (χ1v) is 9.83. The SMILES string of the molecule is CN(C)/C=N/c1cccc[n+]1CC(=O)N1c2ccccc2Sc2ccccc21.[Cl-]. The Kier molecular flexibility index (Phi) is 6.56. The summed E-state index contributed by atoms with van der Waals surface area (Å²) >= 11 is 1.69. The molecule has 0 aliphatic carbocycles. The van der Waals surface area contributed by atoms with E-state index in [1.807, 2.05) is 89.3 Å². The number of benzene rings is 2. The highest BCUT2D eigenvalue weighted by molar-refractivity contribution is 7.99. The summed E-state index contributed by atoms with van der Waals surface area (Å²) in [5.41, 5.74) is 1.84. The Labute approximate surface area is 181 Å². The summed E-state index contributed by atoms with van der Waals surface area (Å²) in [5.74, 6) is 0.732. The van der Waals surface area contributed by atoms with Crippen LogP contribution in [0, 0.1) is 0 Å². The summed E-state index contributed by atoms with van der Waals surface area (Å²) in [6, 6.07) is 21.8. The van der Waals surface area contributed by atoms with Crippen molar-refractivity contribution in [2.75, 3.05) is 19.0 Å².